The average Bonchev–Trinajstić information content (AvgIpc) is 3.78. The summed E-state index contributed by atoms with van der Waals surface area (Å²) in [6.07, 6.45) is 1.92. The number of benzene rings is 7. The second-order valence-electron chi connectivity index (χ2n) is 13.7. The van der Waals surface area contributed by atoms with E-state index < -0.39 is 0 Å². The standard InChI is InChI=1S/C49H31N5/c1-4-15-33(16-5-1)40-27-24-35(31-50-40)42-30-41(34-17-6-2-7-18-34)51-49(52-42)54-44-28-25-32-14-10-11-21-37(32)46(44)39-26-29-45-47(48(39)54)38-22-12-13-23-43(38)53(45)36-19-8-3-9-20-36/h1-31H. The first-order chi connectivity index (χ1) is 26.8. The highest BCUT2D eigenvalue weighted by molar-refractivity contribution is 6.30. The van der Waals surface area contributed by atoms with E-state index >= 15 is 0 Å². The molecular weight excluding hydrogens is 659 g/mol. The molecule has 0 aliphatic heterocycles. The van der Waals surface area contributed by atoms with Gasteiger partial charge in [-0.2, -0.15) is 0 Å². The zero-order chi connectivity index (χ0) is 35.6. The Bertz CT molecular complexity index is 3180. The molecule has 0 aliphatic carbocycles. The van der Waals surface area contributed by atoms with Gasteiger partial charge >= 0.3 is 0 Å². The highest BCUT2D eigenvalue weighted by Crippen LogP contribution is 2.44. The van der Waals surface area contributed by atoms with Gasteiger partial charge in [0.1, 0.15) is 0 Å². The van der Waals surface area contributed by atoms with Crippen molar-refractivity contribution in [2.24, 2.45) is 0 Å². The minimum absolute atomic E-state index is 0.609. The Labute approximate surface area is 311 Å². The number of hydrogen-bond donors (Lipinski definition) is 0. The molecule has 0 amide bonds. The van der Waals surface area contributed by atoms with Crippen molar-refractivity contribution in [2.75, 3.05) is 0 Å². The average molecular weight is 690 g/mol. The van der Waals surface area contributed by atoms with Gasteiger partial charge in [-0.15, -0.1) is 0 Å². The first-order valence-electron chi connectivity index (χ1n) is 18.2. The number of pyridine rings is 1. The highest BCUT2D eigenvalue weighted by Gasteiger charge is 2.24. The quantitative estimate of drug-likeness (QED) is 0.181. The number of para-hydroxylation sites is 2. The minimum atomic E-state index is 0.609. The maximum Gasteiger partial charge on any atom is 0.235 e. The Morgan fingerprint density at radius 2 is 0.981 bits per heavy atom. The highest BCUT2D eigenvalue weighted by atomic mass is 15.2. The summed E-state index contributed by atoms with van der Waals surface area (Å²) >= 11 is 0. The lowest BCUT2D eigenvalue weighted by atomic mass is 10.0. The predicted molar refractivity (Wildman–Crippen MR) is 222 cm³/mol. The molecule has 0 atom stereocenters. The van der Waals surface area contributed by atoms with Crippen LogP contribution in [0.5, 0.6) is 0 Å². The van der Waals surface area contributed by atoms with E-state index in [0.29, 0.717) is 5.95 Å². The molecule has 4 heterocycles. The summed E-state index contributed by atoms with van der Waals surface area (Å²) in [5.74, 6) is 0.609. The topological polar surface area (TPSA) is 48.5 Å². The zero-order valence-electron chi connectivity index (χ0n) is 29.1. The van der Waals surface area contributed by atoms with Crippen LogP contribution in [0.1, 0.15) is 0 Å². The number of rotatable bonds is 5. The van der Waals surface area contributed by atoms with Gasteiger partial charge in [0.15, 0.2) is 0 Å². The van der Waals surface area contributed by atoms with Gasteiger partial charge in [-0.05, 0) is 59.3 Å². The van der Waals surface area contributed by atoms with Crippen molar-refractivity contribution in [3.63, 3.8) is 0 Å². The fraction of sp³-hybridized carbons (Fsp3) is 0. The van der Waals surface area contributed by atoms with Crippen LogP contribution in [0, 0.1) is 0 Å². The van der Waals surface area contributed by atoms with Crippen LogP contribution in [-0.4, -0.2) is 24.1 Å². The Balaban J connectivity index is 1.27. The number of hydrogen-bond acceptors (Lipinski definition) is 3. The monoisotopic (exact) mass is 689 g/mol. The molecule has 11 aromatic rings. The van der Waals surface area contributed by atoms with E-state index in [0.717, 1.165) is 72.3 Å². The molecule has 54 heavy (non-hydrogen) atoms. The molecule has 252 valence electrons. The molecule has 0 saturated heterocycles. The van der Waals surface area contributed by atoms with Crippen molar-refractivity contribution in [3.8, 4) is 45.4 Å². The van der Waals surface area contributed by atoms with Crippen LogP contribution in [0.4, 0.5) is 0 Å². The number of fused-ring (bicyclic) bond motifs is 9. The molecule has 0 radical (unpaired) electrons. The summed E-state index contributed by atoms with van der Waals surface area (Å²) in [7, 11) is 0. The smallest absolute Gasteiger partial charge is 0.235 e. The number of aromatic nitrogens is 5. The van der Waals surface area contributed by atoms with E-state index in [1.165, 1.54) is 21.5 Å². The van der Waals surface area contributed by atoms with Gasteiger partial charge in [0.25, 0.3) is 0 Å². The van der Waals surface area contributed by atoms with E-state index in [-0.39, 0.29) is 0 Å². The lowest BCUT2D eigenvalue weighted by Crippen LogP contribution is -2.04. The van der Waals surface area contributed by atoms with Crippen LogP contribution in [0.25, 0.3) is 99.8 Å². The van der Waals surface area contributed by atoms with Gasteiger partial charge in [0.2, 0.25) is 5.95 Å². The summed E-state index contributed by atoms with van der Waals surface area (Å²) in [6, 6.07) is 63.9. The Kier molecular flexibility index (Phi) is 6.79. The Hall–Kier alpha value is -7.37. The third-order valence-electron chi connectivity index (χ3n) is 10.6. The van der Waals surface area contributed by atoms with Crippen LogP contribution >= 0.6 is 0 Å². The van der Waals surface area contributed by atoms with Gasteiger partial charge in [-0.25, -0.2) is 9.97 Å². The molecule has 5 nitrogen and oxygen atoms in total. The van der Waals surface area contributed by atoms with Crippen molar-refractivity contribution in [1.82, 2.24) is 24.1 Å². The fourth-order valence-corrected chi connectivity index (χ4v) is 8.15. The molecule has 11 rings (SSSR count). The summed E-state index contributed by atoms with van der Waals surface area (Å²) in [4.78, 5) is 15.7. The molecule has 4 aromatic heterocycles. The lowest BCUT2D eigenvalue weighted by molar-refractivity contribution is 0.997. The predicted octanol–water partition coefficient (Wildman–Crippen LogP) is 12.2. The Morgan fingerprint density at radius 1 is 0.370 bits per heavy atom. The molecule has 0 spiro atoms. The summed E-state index contributed by atoms with van der Waals surface area (Å²) in [5.41, 5.74) is 11.1. The zero-order valence-corrected chi connectivity index (χ0v) is 29.1. The van der Waals surface area contributed by atoms with Gasteiger partial charge in [-0.3, -0.25) is 9.55 Å². The van der Waals surface area contributed by atoms with Gasteiger partial charge in [-0.1, -0.05) is 133 Å². The van der Waals surface area contributed by atoms with E-state index in [2.05, 4.69) is 167 Å². The Morgan fingerprint density at radius 3 is 1.72 bits per heavy atom. The van der Waals surface area contributed by atoms with E-state index in [1.54, 1.807) is 0 Å². The van der Waals surface area contributed by atoms with Crippen molar-refractivity contribution in [3.05, 3.63) is 188 Å². The van der Waals surface area contributed by atoms with Crippen LogP contribution in [0.3, 0.4) is 0 Å². The van der Waals surface area contributed by atoms with Crippen LogP contribution < -0.4 is 0 Å². The first-order valence-corrected chi connectivity index (χ1v) is 18.2. The van der Waals surface area contributed by atoms with Crippen LogP contribution in [0.2, 0.25) is 0 Å². The molecule has 0 aliphatic rings. The van der Waals surface area contributed by atoms with E-state index in [4.69, 9.17) is 15.0 Å². The summed E-state index contributed by atoms with van der Waals surface area (Å²) in [6.45, 7) is 0. The normalized spacial score (nSPS) is 11.7. The second kappa shape index (κ2) is 12.1. The van der Waals surface area contributed by atoms with Crippen molar-refractivity contribution in [1.29, 1.82) is 0 Å². The molecule has 7 aromatic carbocycles. The molecule has 0 fully saturated rings. The van der Waals surface area contributed by atoms with E-state index in [9.17, 15) is 0 Å². The molecular formula is C49H31N5. The van der Waals surface area contributed by atoms with Crippen molar-refractivity contribution < 1.29 is 0 Å². The summed E-state index contributed by atoms with van der Waals surface area (Å²) in [5, 5.41) is 7.08. The number of nitrogens with zero attached hydrogens (tertiary/aromatic N) is 5. The fourth-order valence-electron chi connectivity index (χ4n) is 8.15. The molecule has 0 bridgehead atoms. The van der Waals surface area contributed by atoms with Gasteiger partial charge < -0.3 is 4.57 Å². The SMILES string of the molecule is c1ccc(-c2ccc(-c3cc(-c4ccccc4)nc(-n4c5ccc6ccccc6c5c5ccc6c(c7ccccc7n6-c6ccccc6)c54)n3)cn2)cc1. The minimum Gasteiger partial charge on any atom is -0.309 e. The van der Waals surface area contributed by atoms with Gasteiger partial charge in [0, 0.05) is 50.1 Å². The third-order valence-corrected chi connectivity index (χ3v) is 10.6. The van der Waals surface area contributed by atoms with Crippen LogP contribution in [-0.2, 0) is 0 Å². The maximum atomic E-state index is 5.41. The van der Waals surface area contributed by atoms with Gasteiger partial charge in [0.05, 0.1) is 39.1 Å². The molecule has 0 N–H and O–H groups in total. The lowest BCUT2D eigenvalue weighted by Gasteiger charge is -2.13. The van der Waals surface area contributed by atoms with E-state index in [1.807, 2.05) is 30.5 Å². The first kappa shape index (κ1) is 30.3. The largest absolute Gasteiger partial charge is 0.309 e. The molecule has 0 saturated carbocycles. The van der Waals surface area contributed by atoms with Crippen molar-refractivity contribution in [2.45, 2.75) is 0 Å². The third kappa shape index (κ3) is 4.69. The molecule has 0 unspecified atom stereocenters. The molecule has 5 heteroatoms. The second-order valence-corrected chi connectivity index (χ2v) is 13.7. The van der Waals surface area contributed by atoms with Crippen LogP contribution in [0.15, 0.2) is 188 Å². The summed E-state index contributed by atoms with van der Waals surface area (Å²) < 4.78 is 4.67. The van der Waals surface area contributed by atoms with Crippen molar-refractivity contribution >= 4 is 54.4 Å². The maximum absolute atomic E-state index is 5.41.